The van der Waals surface area contributed by atoms with Crippen LogP contribution in [0.5, 0.6) is 5.75 Å². The molecule has 2 N–H and O–H groups in total. The molecule has 0 fully saturated rings. The summed E-state index contributed by atoms with van der Waals surface area (Å²) < 4.78 is 11.0. The molecule has 0 saturated carbocycles. The maximum absolute atomic E-state index is 13.2. The number of carbonyl (C=O) groups is 1. The first kappa shape index (κ1) is 18.8. The van der Waals surface area contributed by atoms with Crippen molar-refractivity contribution in [2.75, 3.05) is 7.11 Å². The number of hydrogen-bond donors (Lipinski definition) is 1. The Hall–Kier alpha value is -3.52. The van der Waals surface area contributed by atoms with Crippen molar-refractivity contribution in [2.45, 2.75) is 31.6 Å². The SMILES string of the molecule is COc1ccc([C@H]2CC(=O)C3=C(C2)OC(N)=C(C#N)[C@H]3c2ccc(C)cc2)cc1. The van der Waals surface area contributed by atoms with E-state index in [1.807, 2.05) is 55.5 Å². The number of nitrogens with zero attached hydrogens (tertiary/aromatic N) is 1. The zero-order chi connectivity index (χ0) is 20.5. The van der Waals surface area contributed by atoms with Crippen LogP contribution >= 0.6 is 0 Å². The predicted octanol–water partition coefficient (Wildman–Crippen LogP) is 4.21. The Bertz CT molecular complexity index is 1060. The lowest BCUT2D eigenvalue weighted by Crippen LogP contribution is -2.29. The highest BCUT2D eigenvalue weighted by Crippen LogP contribution is 2.46. The Balaban J connectivity index is 1.74. The average Bonchev–Trinajstić information content (AvgIpc) is 2.73. The van der Waals surface area contributed by atoms with E-state index in [-0.39, 0.29) is 17.6 Å². The van der Waals surface area contributed by atoms with Crippen molar-refractivity contribution >= 4 is 5.78 Å². The minimum Gasteiger partial charge on any atom is -0.497 e. The summed E-state index contributed by atoms with van der Waals surface area (Å²) in [6.45, 7) is 2.00. The normalized spacial score (nSPS) is 21.3. The van der Waals surface area contributed by atoms with E-state index in [0.29, 0.717) is 29.7 Å². The zero-order valence-electron chi connectivity index (χ0n) is 16.4. The van der Waals surface area contributed by atoms with Crippen LogP contribution in [0.1, 0.15) is 41.4 Å². The number of nitrogens with two attached hydrogens (primary N) is 1. The van der Waals surface area contributed by atoms with Gasteiger partial charge in [0.25, 0.3) is 0 Å². The maximum atomic E-state index is 13.2. The van der Waals surface area contributed by atoms with E-state index in [9.17, 15) is 10.1 Å². The van der Waals surface area contributed by atoms with E-state index in [0.717, 1.165) is 22.4 Å². The first-order valence-electron chi connectivity index (χ1n) is 9.56. The van der Waals surface area contributed by atoms with Crippen LogP contribution in [0, 0.1) is 18.3 Å². The topological polar surface area (TPSA) is 85.3 Å². The molecule has 1 heterocycles. The predicted molar refractivity (Wildman–Crippen MR) is 109 cm³/mol. The molecule has 2 aromatic carbocycles. The summed E-state index contributed by atoms with van der Waals surface area (Å²) in [6.07, 6.45) is 0.935. The highest BCUT2D eigenvalue weighted by atomic mass is 16.5. The molecule has 0 amide bonds. The van der Waals surface area contributed by atoms with Gasteiger partial charge in [-0.1, -0.05) is 42.0 Å². The number of ether oxygens (including phenoxy) is 2. The van der Waals surface area contributed by atoms with E-state index < -0.39 is 5.92 Å². The molecule has 0 unspecified atom stereocenters. The summed E-state index contributed by atoms with van der Waals surface area (Å²) in [5.74, 6) is 0.952. The summed E-state index contributed by atoms with van der Waals surface area (Å²) >= 11 is 0. The molecule has 0 aromatic heterocycles. The molecule has 2 aromatic rings. The third-order valence-corrected chi connectivity index (χ3v) is 5.66. The van der Waals surface area contributed by atoms with Gasteiger partial charge in [-0.3, -0.25) is 4.79 Å². The van der Waals surface area contributed by atoms with Gasteiger partial charge in [0, 0.05) is 18.4 Å². The molecule has 1 aliphatic carbocycles. The van der Waals surface area contributed by atoms with Crippen molar-refractivity contribution in [3.8, 4) is 11.8 Å². The summed E-state index contributed by atoms with van der Waals surface area (Å²) in [6, 6.07) is 17.7. The van der Waals surface area contributed by atoms with Crippen LogP contribution < -0.4 is 10.5 Å². The first-order chi connectivity index (χ1) is 14.0. The molecule has 1 aliphatic heterocycles. The number of allylic oxidation sites excluding steroid dienone is 3. The molecule has 146 valence electrons. The Kier molecular flexibility index (Phi) is 4.85. The fourth-order valence-corrected chi connectivity index (χ4v) is 4.11. The fraction of sp³-hybridized carbons (Fsp3) is 0.250. The number of Topliss-reactive ketones (excluding diaryl/α,β-unsaturated/α-hetero) is 1. The van der Waals surface area contributed by atoms with Crippen molar-refractivity contribution in [1.29, 1.82) is 5.26 Å². The van der Waals surface area contributed by atoms with Crippen LogP contribution in [0.3, 0.4) is 0 Å². The summed E-state index contributed by atoms with van der Waals surface area (Å²) in [7, 11) is 1.62. The zero-order valence-corrected chi connectivity index (χ0v) is 16.4. The molecule has 4 rings (SSSR count). The van der Waals surface area contributed by atoms with E-state index >= 15 is 0 Å². The molecular formula is C24H22N2O3. The minimum absolute atomic E-state index is 0.00195. The number of hydrogen-bond acceptors (Lipinski definition) is 5. The van der Waals surface area contributed by atoms with Crippen LogP contribution in [-0.2, 0) is 9.53 Å². The van der Waals surface area contributed by atoms with Crippen LogP contribution in [0.15, 0.2) is 71.3 Å². The van der Waals surface area contributed by atoms with Crippen LogP contribution in [0.2, 0.25) is 0 Å². The van der Waals surface area contributed by atoms with Gasteiger partial charge in [-0.25, -0.2) is 0 Å². The second-order valence-electron chi connectivity index (χ2n) is 7.47. The van der Waals surface area contributed by atoms with Gasteiger partial charge in [-0.2, -0.15) is 5.26 Å². The monoisotopic (exact) mass is 386 g/mol. The van der Waals surface area contributed by atoms with Crippen molar-refractivity contribution in [1.82, 2.24) is 0 Å². The molecular weight excluding hydrogens is 364 g/mol. The molecule has 5 heteroatoms. The maximum Gasteiger partial charge on any atom is 0.205 e. The smallest absolute Gasteiger partial charge is 0.205 e. The van der Waals surface area contributed by atoms with Crippen molar-refractivity contribution in [2.24, 2.45) is 5.73 Å². The molecule has 5 nitrogen and oxygen atoms in total. The quantitative estimate of drug-likeness (QED) is 0.854. The average molecular weight is 386 g/mol. The summed E-state index contributed by atoms with van der Waals surface area (Å²) in [5, 5.41) is 9.69. The highest BCUT2D eigenvalue weighted by molar-refractivity contribution is 6.00. The van der Waals surface area contributed by atoms with Crippen LogP contribution in [0.4, 0.5) is 0 Å². The van der Waals surface area contributed by atoms with Crippen LogP contribution in [0.25, 0.3) is 0 Å². The Morgan fingerprint density at radius 2 is 1.72 bits per heavy atom. The third kappa shape index (κ3) is 3.38. The molecule has 2 atom stereocenters. The number of rotatable bonds is 3. The van der Waals surface area contributed by atoms with Gasteiger partial charge in [0.2, 0.25) is 5.88 Å². The highest BCUT2D eigenvalue weighted by Gasteiger charge is 2.40. The lowest BCUT2D eigenvalue weighted by Gasteiger charge is -2.34. The fourth-order valence-electron chi connectivity index (χ4n) is 4.11. The molecule has 0 bridgehead atoms. The van der Waals surface area contributed by atoms with E-state index in [2.05, 4.69) is 6.07 Å². The van der Waals surface area contributed by atoms with Gasteiger partial charge in [0.1, 0.15) is 23.2 Å². The number of nitriles is 1. The molecule has 0 spiro atoms. The third-order valence-electron chi connectivity index (χ3n) is 5.66. The number of ketones is 1. The summed E-state index contributed by atoms with van der Waals surface area (Å²) in [4.78, 5) is 13.2. The van der Waals surface area contributed by atoms with Crippen molar-refractivity contribution in [3.63, 3.8) is 0 Å². The summed E-state index contributed by atoms with van der Waals surface area (Å²) in [5.41, 5.74) is 9.99. The molecule has 0 radical (unpaired) electrons. The Labute approximate surface area is 170 Å². The second kappa shape index (κ2) is 7.48. The van der Waals surface area contributed by atoms with Gasteiger partial charge >= 0.3 is 0 Å². The molecule has 0 saturated heterocycles. The Morgan fingerprint density at radius 3 is 2.34 bits per heavy atom. The van der Waals surface area contributed by atoms with Gasteiger partial charge in [-0.15, -0.1) is 0 Å². The van der Waals surface area contributed by atoms with Gasteiger partial charge in [-0.05, 0) is 36.1 Å². The van der Waals surface area contributed by atoms with E-state index in [1.165, 1.54) is 0 Å². The van der Waals surface area contributed by atoms with Crippen molar-refractivity contribution in [3.05, 3.63) is 88.0 Å². The van der Waals surface area contributed by atoms with Crippen molar-refractivity contribution < 1.29 is 14.3 Å². The molecule has 29 heavy (non-hydrogen) atoms. The number of carbonyl (C=O) groups excluding carboxylic acids is 1. The van der Waals surface area contributed by atoms with E-state index in [4.69, 9.17) is 15.2 Å². The standard InChI is InChI=1S/C24H22N2O3/c1-14-3-5-16(6-4-14)22-19(13-25)24(26)29-21-12-17(11-20(27)23(21)22)15-7-9-18(28-2)10-8-15/h3-10,17,22H,11-12,26H2,1-2H3/t17-,22+/m0/s1. The van der Waals surface area contributed by atoms with E-state index in [1.54, 1.807) is 7.11 Å². The minimum atomic E-state index is -0.478. The van der Waals surface area contributed by atoms with Crippen LogP contribution in [-0.4, -0.2) is 12.9 Å². The lowest BCUT2D eigenvalue weighted by atomic mass is 9.73. The number of aryl methyl sites for hydroxylation is 1. The Morgan fingerprint density at radius 1 is 1.07 bits per heavy atom. The first-order valence-corrected chi connectivity index (χ1v) is 9.56. The second-order valence-corrected chi connectivity index (χ2v) is 7.47. The van der Waals surface area contributed by atoms with Gasteiger partial charge in [0.15, 0.2) is 5.78 Å². The molecule has 2 aliphatic rings. The van der Waals surface area contributed by atoms with Gasteiger partial charge < -0.3 is 15.2 Å². The number of methoxy groups -OCH3 is 1. The lowest BCUT2D eigenvalue weighted by molar-refractivity contribution is -0.117. The largest absolute Gasteiger partial charge is 0.497 e. The van der Waals surface area contributed by atoms with Gasteiger partial charge in [0.05, 0.1) is 13.0 Å². The number of benzene rings is 2.